The fraction of sp³-hybridized carbons (Fsp3) is 0.400. The fourth-order valence-corrected chi connectivity index (χ4v) is 4.38. The number of ether oxygens (including phenoxy) is 2. The van der Waals surface area contributed by atoms with E-state index in [0.717, 1.165) is 36.8 Å². The smallest absolute Gasteiger partial charge is 0.341 e. The number of carbonyl (C=O) groups is 2. The number of benzene rings is 1. The highest BCUT2D eigenvalue weighted by molar-refractivity contribution is 7.17. The highest BCUT2D eigenvalue weighted by atomic mass is 32.1. The first-order valence-corrected chi connectivity index (χ1v) is 9.54. The van der Waals surface area contributed by atoms with Crippen LogP contribution >= 0.6 is 11.3 Å². The number of carbonyl (C=O) groups excluding carboxylic acids is 2. The fourth-order valence-electron chi connectivity index (χ4n) is 3.09. The van der Waals surface area contributed by atoms with Crippen molar-refractivity contribution in [2.75, 3.05) is 19.0 Å². The summed E-state index contributed by atoms with van der Waals surface area (Å²) in [6.07, 6.45) is 3.96. The molecule has 1 aliphatic carbocycles. The summed E-state index contributed by atoms with van der Waals surface area (Å²) in [4.78, 5) is 25.7. The van der Waals surface area contributed by atoms with Gasteiger partial charge in [-0.2, -0.15) is 0 Å². The summed E-state index contributed by atoms with van der Waals surface area (Å²) in [5, 5.41) is 3.40. The molecule has 1 aromatic carbocycles. The van der Waals surface area contributed by atoms with Gasteiger partial charge in [-0.1, -0.05) is 6.07 Å². The van der Waals surface area contributed by atoms with E-state index in [1.165, 1.54) is 28.9 Å². The third kappa shape index (κ3) is 3.90. The second-order valence-electron chi connectivity index (χ2n) is 6.49. The Labute approximate surface area is 157 Å². The summed E-state index contributed by atoms with van der Waals surface area (Å²) >= 11 is 1.47. The number of nitrogens with one attached hydrogen (secondary N) is 1. The number of fused-ring (bicyclic) bond motifs is 1. The van der Waals surface area contributed by atoms with E-state index in [1.54, 1.807) is 0 Å². The van der Waals surface area contributed by atoms with Gasteiger partial charge in [0.05, 0.1) is 12.7 Å². The highest BCUT2D eigenvalue weighted by Crippen LogP contribution is 2.38. The van der Waals surface area contributed by atoms with Gasteiger partial charge in [-0.3, -0.25) is 4.79 Å². The minimum Gasteiger partial charge on any atom is -0.484 e. The van der Waals surface area contributed by atoms with E-state index < -0.39 is 5.97 Å². The first-order chi connectivity index (χ1) is 12.5. The molecule has 1 aliphatic rings. The monoisotopic (exact) mass is 373 g/mol. The van der Waals surface area contributed by atoms with Gasteiger partial charge in [0.2, 0.25) is 0 Å². The molecule has 0 bridgehead atoms. The molecule has 138 valence electrons. The predicted octanol–water partition coefficient (Wildman–Crippen LogP) is 4.05. The molecule has 1 amide bonds. The maximum Gasteiger partial charge on any atom is 0.341 e. The molecule has 0 spiro atoms. The molecule has 1 aromatic heterocycles. The maximum atomic E-state index is 12.3. The van der Waals surface area contributed by atoms with Gasteiger partial charge >= 0.3 is 5.97 Å². The molecule has 6 heteroatoms. The average Bonchev–Trinajstić information content (AvgIpc) is 2.99. The zero-order valence-corrected chi connectivity index (χ0v) is 16.1. The van der Waals surface area contributed by atoms with Gasteiger partial charge < -0.3 is 14.8 Å². The zero-order chi connectivity index (χ0) is 18.7. The highest BCUT2D eigenvalue weighted by Gasteiger charge is 2.26. The molecule has 2 aromatic rings. The average molecular weight is 373 g/mol. The lowest BCUT2D eigenvalue weighted by molar-refractivity contribution is -0.118. The number of rotatable bonds is 5. The van der Waals surface area contributed by atoms with Gasteiger partial charge in [0, 0.05) is 4.88 Å². The van der Waals surface area contributed by atoms with E-state index >= 15 is 0 Å². The van der Waals surface area contributed by atoms with Crippen LogP contribution in [0.5, 0.6) is 5.75 Å². The number of hydrogen-bond acceptors (Lipinski definition) is 5. The van der Waals surface area contributed by atoms with E-state index in [0.29, 0.717) is 16.3 Å². The van der Waals surface area contributed by atoms with Crippen molar-refractivity contribution < 1.29 is 19.1 Å². The van der Waals surface area contributed by atoms with Gasteiger partial charge in [-0.15, -0.1) is 11.3 Å². The van der Waals surface area contributed by atoms with Crippen LogP contribution in [0.15, 0.2) is 18.2 Å². The Kier molecular flexibility index (Phi) is 5.61. The van der Waals surface area contributed by atoms with Crippen LogP contribution in [0.3, 0.4) is 0 Å². The van der Waals surface area contributed by atoms with Crippen molar-refractivity contribution in [3.05, 3.63) is 45.3 Å². The lowest BCUT2D eigenvalue weighted by Crippen LogP contribution is -2.21. The zero-order valence-electron chi connectivity index (χ0n) is 15.3. The van der Waals surface area contributed by atoms with Crippen molar-refractivity contribution in [2.24, 2.45) is 0 Å². The van der Waals surface area contributed by atoms with Crippen LogP contribution in [-0.4, -0.2) is 25.6 Å². The van der Waals surface area contributed by atoms with Crippen molar-refractivity contribution in [2.45, 2.75) is 39.5 Å². The van der Waals surface area contributed by atoms with Crippen LogP contribution in [0.4, 0.5) is 5.00 Å². The summed E-state index contributed by atoms with van der Waals surface area (Å²) < 4.78 is 10.5. The quantitative estimate of drug-likeness (QED) is 0.803. The third-order valence-electron chi connectivity index (χ3n) is 4.66. The molecule has 0 atom stereocenters. The second kappa shape index (κ2) is 7.91. The van der Waals surface area contributed by atoms with E-state index in [1.807, 2.05) is 32.0 Å². The van der Waals surface area contributed by atoms with Crippen LogP contribution in [0.25, 0.3) is 0 Å². The summed E-state index contributed by atoms with van der Waals surface area (Å²) in [6.45, 7) is 3.92. The lowest BCUT2D eigenvalue weighted by Gasteiger charge is -2.12. The molecule has 0 saturated carbocycles. The Morgan fingerprint density at radius 3 is 2.65 bits per heavy atom. The molecule has 0 unspecified atom stereocenters. The van der Waals surface area contributed by atoms with Gasteiger partial charge in [-0.05, 0) is 68.4 Å². The summed E-state index contributed by atoms with van der Waals surface area (Å²) in [5.41, 5.74) is 3.82. The summed E-state index contributed by atoms with van der Waals surface area (Å²) in [6, 6.07) is 5.72. The van der Waals surface area contributed by atoms with Crippen LogP contribution in [0, 0.1) is 13.8 Å². The van der Waals surface area contributed by atoms with Crippen LogP contribution in [0.2, 0.25) is 0 Å². The number of esters is 1. The number of aryl methyl sites for hydroxylation is 3. The number of hydrogen-bond donors (Lipinski definition) is 1. The summed E-state index contributed by atoms with van der Waals surface area (Å²) in [5.74, 6) is -0.0244. The molecule has 0 aliphatic heterocycles. The Hall–Kier alpha value is -2.34. The maximum absolute atomic E-state index is 12.3. The van der Waals surface area contributed by atoms with E-state index in [-0.39, 0.29) is 12.5 Å². The molecular formula is C20H23NO4S. The number of anilines is 1. The standard InChI is InChI=1S/C20H23NO4S/c1-12-8-9-14(10-13(12)2)25-11-17(22)21-19-18(20(23)24-3)15-6-4-5-7-16(15)26-19/h8-10H,4-7,11H2,1-3H3,(H,21,22). The van der Waals surface area contributed by atoms with Crippen molar-refractivity contribution >= 4 is 28.2 Å². The number of thiophene rings is 1. The SMILES string of the molecule is COC(=O)c1c(NC(=O)COc2ccc(C)c(C)c2)sc2c1CCCC2. The number of methoxy groups -OCH3 is 1. The Balaban J connectivity index is 1.71. The minimum absolute atomic E-state index is 0.105. The van der Waals surface area contributed by atoms with E-state index in [4.69, 9.17) is 9.47 Å². The largest absolute Gasteiger partial charge is 0.484 e. The van der Waals surface area contributed by atoms with Crippen molar-refractivity contribution in [1.29, 1.82) is 0 Å². The van der Waals surface area contributed by atoms with E-state index in [9.17, 15) is 9.59 Å². The molecule has 3 rings (SSSR count). The van der Waals surface area contributed by atoms with Gasteiger partial charge in [0.15, 0.2) is 6.61 Å². The molecule has 0 radical (unpaired) electrons. The van der Waals surface area contributed by atoms with Crippen LogP contribution in [-0.2, 0) is 22.4 Å². The second-order valence-corrected chi connectivity index (χ2v) is 7.59. The lowest BCUT2D eigenvalue weighted by atomic mass is 9.95. The first kappa shape index (κ1) is 18.5. The van der Waals surface area contributed by atoms with Crippen molar-refractivity contribution in [1.82, 2.24) is 0 Å². The molecule has 1 heterocycles. The molecule has 5 nitrogen and oxygen atoms in total. The topological polar surface area (TPSA) is 64.6 Å². The molecule has 0 saturated heterocycles. The Morgan fingerprint density at radius 2 is 1.92 bits per heavy atom. The normalized spacial score (nSPS) is 13.0. The van der Waals surface area contributed by atoms with Gasteiger partial charge in [0.1, 0.15) is 10.8 Å². The minimum atomic E-state index is -0.394. The van der Waals surface area contributed by atoms with Gasteiger partial charge in [-0.25, -0.2) is 4.79 Å². The predicted molar refractivity (Wildman–Crippen MR) is 102 cm³/mol. The molecule has 1 N–H and O–H groups in total. The molecule has 0 fully saturated rings. The first-order valence-electron chi connectivity index (χ1n) is 8.72. The van der Waals surface area contributed by atoms with Crippen LogP contribution < -0.4 is 10.1 Å². The molecular weight excluding hydrogens is 350 g/mol. The molecule has 26 heavy (non-hydrogen) atoms. The Bertz CT molecular complexity index is 841. The third-order valence-corrected chi connectivity index (χ3v) is 5.87. The Morgan fingerprint density at radius 1 is 1.15 bits per heavy atom. The van der Waals surface area contributed by atoms with Crippen molar-refractivity contribution in [3.63, 3.8) is 0 Å². The van der Waals surface area contributed by atoms with Crippen molar-refractivity contribution in [3.8, 4) is 5.75 Å². The number of amides is 1. The van der Waals surface area contributed by atoms with Gasteiger partial charge in [0.25, 0.3) is 5.91 Å². The summed E-state index contributed by atoms with van der Waals surface area (Å²) in [7, 11) is 1.36. The van der Waals surface area contributed by atoms with Crippen LogP contribution in [0.1, 0.15) is 44.8 Å². The van der Waals surface area contributed by atoms with E-state index in [2.05, 4.69) is 5.32 Å².